The highest BCUT2D eigenvalue weighted by molar-refractivity contribution is 8.00. The largest absolute Gasteiger partial charge is 0.466 e. The number of hydrogen-bond acceptors (Lipinski definition) is 5. The molecular formula is C12H10F3NO2S2. The van der Waals surface area contributed by atoms with E-state index in [4.69, 9.17) is 10.00 Å². The summed E-state index contributed by atoms with van der Waals surface area (Å²) >= 11 is 3.55. The molecule has 0 aliphatic heterocycles. The molecule has 0 aliphatic carbocycles. The number of hydrogen-bond donors (Lipinski definition) is 1. The Kier molecular flexibility index (Phi) is 5.77. The molecule has 0 fully saturated rings. The van der Waals surface area contributed by atoms with E-state index < -0.39 is 11.5 Å². The molecule has 0 saturated heterocycles. The Bertz CT molecular complexity index is 553. The number of rotatable bonds is 4. The van der Waals surface area contributed by atoms with Crippen molar-refractivity contribution in [2.75, 3.05) is 6.61 Å². The van der Waals surface area contributed by atoms with E-state index in [0.29, 0.717) is 0 Å². The van der Waals surface area contributed by atoms with Gasteiger partial charge in [0.2, 0.25) is 0 Å². The third kappa shape index (κ3) is 4.98. The molecule has 1 aromatic carbocycles. The first-order valence-corrected chi connectivity index (χ1v) is 6.70. The molecule has 20 heavy (non-hydrogen) atoms. The van der Waals surface area contributed by atoms with Gasteiger partial charge in [0.1, 0.15) is 6.07 Å². The van der Waals surface area contributed by atoms with Crippen molar-refractivity contribution in [1.82, 2.24) is 0 Å². The molecule has 0 atom stereocenters. The lowest BCUT2D eigenvalue weighted by Gasteiger charge is -2.11. The first kappa shape index (κ1) is 16.7. The van der Waals surface area contributed by atoms with Gasteiger partial charge in [-0.05, 0) is 36.4 Å². The summed E-state index contributed by atoms with van der Waals surface area (Å²) in [5.41, 5.74) is -4.22. The smallest absolute Gasteiger partial charge is 0.446 e. The van der Waals surface area contributed by atoms with Gasteiger partial charge in [-0.3, -0.25) is 4.79 Å². The van der Waals surface area contributed by atoms with Gasteiger partial charge >= 0.3 is 11.5 Å². The van der Waals surface area contributed by atoms with Gasteiger partial charge in [-0.1, -0.05) is 0 Å². The molecule has 0 aliphatic rings. The number of benzene rings is 1. The molecular weight excluding hydrogens is 311 g/mol. The van der Waals surface area contributed by atoms with Gasteiger partial charge in [0.05, 0.1) is 18.6 Å². The monoisotopic (exact) mass is 321 g/mol. The van der Waals surface area contributed by atoms with Gasteiger partial charge in [0.15, 0.2) is 0 Å². The van der Waals surface area contributed by atoms with Crippen LogP contribution >= 0.6 is 24.4 Å². The van der Waals surface area contributed by atoms with E-state index in [9.17, 15) is 18.0 Å². The summed E-state index contributed by atoms with van der Waals surface area (Å²) in [6.07, 6.45) is -0.192. The molecule has 1 aromatic rings. The minimum absolute atomic E-state index is 0.0121. The van der Waals surface area contributed by atoms with Crippen molar-refractivity contribution in [3.8, 4) is 6.07 Å². The maximum absolute atomic E-state index is 12.4. The van der Waals surface area contributed by atoms with Crippen LogP contribution in [0, 0.1) is 11.3 Å². The van der Waals surface area contributed by atoms with Crippen LogP contribution < -0.4 is 0 Å². The summed E-state index contributed by atoms with van der Waals surface area (Å²) < 4.78 is 42.0. The number of carbonyl (C=O) groups is 1. The molecule has 0 N–H and O–H groups in total. The van der Waals surface area contributed by atoms with Gasteiger partial charge in [-0.15, -0.1) is 12.6 Å². The molecule has 8 heteroatoms. The van der Waals surface area contributed by atoms with Crippen LogP contribution in [0.1, 0.15) is 18.1 Å². The number of thioether (sulfide) groups is 1. The second kappa shape index (κ2) is 6.90. The van der Waals surface area contributed by atoms with Crippen LogP contribution in [0.3, 0.4) is 0 Å². The summed E-state index contributed by atoms with van der Waals surface area (Å²) in [4.78, 5) is 11.1. The second-order valence-electron chi connectivity index (χ2n) is 3.63. The standard InChI is InChI=1S/C12H10F3NO2S2/c1-2-18-10(17)5-7-3-8(6-16)11(19)9(4-7)20-12(13,14)15/h3-4,19H,2,5H2,1H3. The average Bonchev–Trinajstić information content (AvgIpc) is 2.31. The third-order valence-electron chi connectivity index (χ3n) is 2.13. The zero-order valence-corrected chi connectivity index (χ0v) is 12.0. The molecule has 0 radical (unpaired) electrons. The number of nitriles is 1. The molecule has 1 rings (SSSR count). The predicted molar refractivity (Wildman–Crippen MR) is 70.7 cm³/mol. The molecule has 0 spiro atoms. The average molecular weight is 321 g/mol. The molecule has 0 amide bonds. The maximum Gasteiger partial charge on any atom is 0.446 e. The van der Waals surface area contributed by atoms with E-state index in [-0.39, 0.29) is 45.7 Å². The van der Waals surface area contributed by atoms with Crippen molar-refractivity contribution in [1.29, 1.82) is 5.26 Å². The van der Waals surface area contributed by atoms with Crippen LogP contribution in [0.25, 0.3) is 0 Å². The van der Waals surface area contributed by atoms with Crippen LogP contribution in [-0.2, 0) is 16.0 Å². The van der Waals surface area contributed by atoms with Gasteiger partial charge < -0.3 is 4.74 Å². The molecule has 3 nitrogen and oxygen atoms in total. The predicted octanol–water partition coefficient (Wildman–Crippen LogP) is 3.56. The van der Waals surface area contributed by atoms with Crippen LogP contribution in [0.15, 0.2) is 21.9 Å². The SMILES string of the molecule is CCOC(=O)Cc1cc(C#N)c(S)c(SC(F)(F)F)c1. The second-order valence-corrected chi connectivity index (χ2v) is 5.19. The summed E-state index contributed by atoms with van der Waals surface area (Å²) in [6.45, 7) is 1.80. The number of ether oxygens (including phenoxy) is 1. The van der Waals surface area contributed by atoms with Crippen molar-refractivity contribution < 1.29 is 22.7 Å². The third-order valence-corrected chi connectivity index (χ3v) is 3.54. The van der Waals surface area contributed by atoms with Gasteiger partial charge in [-0.25, -0.2) is 0 Å². The lowest BCUT2D eigenvalue weighted by Crippen LogP contribution is -2.08. The summed E-state index contributed by atoms with van der Waals surface area (Å²) in [5.74, 6) is -0.564. The number of thiol groups is 1. The minimum atomic E-state index is -4.49. The van der Waals surface area contributed by atoms with Crippen LogP contribution in [0.5, 0.6) is 0 Å². The fraction of sp³-hybridized carbons (Fsp3) is 0.333. The summed E-state index contributed by atoms with van der Waals surface area (Å²) in [5, 5.41) is 8.90. The Balaban J connectivity index is 3.12. The quantitative estimate of drug-likeness (QED) is 0.523. The zero-order chi connectivity index (χ0) is 15.3. The fourth-order valence-electron chi connectivity index (χ4n) is 1.43. The van der Waals surface area contributed by atoms with E-state index >= 15 is 0 Å². The highest BCUT2D eigenvalue weighted by Gasteiger charge is 2.31. The molecule has 0 bridgehead atoms. The minimum Gasteiger partial charge on any atom is -0.466 e. The first-order valence-electron chi connectivity index (χ1n) is 5.44. The van der Waals surface area contributed by atoms with Crippen molar-refractivity contribution >= 4 is 30.4 Å². The Morgan fingerprint density at radius 2 is 2.15 bits per heavy atom. The number of esters is 1. The number of nitrogens with zero attached hydrogens (tertiary/aromatic N) is 1. The number of alkyl halides is 3. The molecule has 0 saturated carbocycles. The van der Waals surface area contributed by atoms with Gasteiger partial charge in [0, 0.05) is 9.79 Å². The van der Waals surface area contributed by atoms with E-state index in [1.165, 1.54) is 12.1 Å². The molecule has 0 aromatic heterocycles. The van der Waals surface area contributed by atoms with Gasteiger partial charge in [0.25, 0.3) is 0 Å². The van der Waals surface area contributed by atoms with E-state index in [1.54, 1.807) is 13.0 Å². The molecule has 0 heterocycles. The Labute approximate surface area is 123 Å². The number of carbonyl (C=O) groups excluding carboxylic acids is 1. The van der Waals surface area contributed by atoms with E-state index in [2.05, 4.69) is 12.6 Å². The van der Waals surface area contributed by atoms with Gasteiger partial charge in [-0.2, -0.15) is 18.4 Å². The highest BCUT2D eigenvalue weighted by Crippen LogP contribution is 2.41. The van der Waals surface area contributed by atoms with Crippen LogP contribution in [0.4, 0.5) is 13.2 Å². The fourth-order valence-corrected chi connectivity index (χ4v) is 2.42. The van der Waals surface area contributed by atoms with Crippen molar-refractivity contribution in [2.45, 2.75) is 28.6 Å². The summed E-state index contributed by atoms with van der Waals surface area (Å²) in [7, 11) is 0. The highest BCUT2D eigenvalue weighted by atomic mass is 32.2. The molecule has 108 valence electrons. The van der Waals surface area contributed by atoms with Crippen molar-refractivity contribution in [2.24, 2.45) is 0 Å². The lowest BCUT2D eigenvalue weighted by atomic mass is 10.1. The molecule has 0 unspecified atom stereocenters. The number of halogens is 3. The lowest BCUT2D eigenvalue weighted by molar-refractivity contribution is -0.142. The van der Waals surface area contributed by atoms with Crippen LogP contribution in [-0.4, -0.2) is 18.1 Å². The van der Waals surface area contributed by atoms with E-state index in [1.807, 2.05) is 0 Å². The Morgan fingerprint density at radius 3 is 2.65 bits per heavy atom. The topological polar surface area (TPSA) is 50.1 Å². The van der Waals surface area contributed by atoms with Crippen molar-refractivity contribution in [3.05, 3.63) is 23.3 Å². The normalized spacial score (nSPS) is 11.0. The zero-order valence-electron chi connectivity index (χ0n) is 10.3. The van der Waals surface area contributed by atoms with Crippen LogP contribution in [0.2, 0.25) is 0 Å². The van der Waals surface area contributed by atoms with Crippen molar-refractivity contribution in [3.63, 3.8) is 0 Å². The summed E-state index contributed by atoms with van der Waals surface area (Å²) in [6, 6.07) is 4.28. The Morgan fingerprint density at radius 1 is 1.50 bits per heavy atom. The first-order chi connectivity index (χ1) is 9.26. The van der Waals surface area contributed by atoms with E-state index in [0.717, 1.165) is 0 Å². The Hall–Kier alpha value is -1.33. The maximum atomic E-state index is 12.4.